The van der Waals surface area contributed by atoms with Crippen molar-refractivity contribution in [2.75, 3.05) is 13.1 Å². The molecule has 2 aromatic carbocycles. The zero-order valence-electron chi connectivity index (χ0n) is 18.0. The van der Waals surface area contributed by atoms with Crippen LogP contribution in [0.25, 0.3) is 0 Å². The third-order valence-corrected chi connectivity index (χ3v) is 5.98. The fourth-order valence-corrected chi connectivity index (χ4v) is 4.07. The largest absolute Gasteiger partial charge is 0.349 e. The maximum absolute atomic E-state index is 12.7. The van der Waals surface area contributed by atoms with Crippen molar-refractivity contribution in [2.45, 2.75) is 46.1 Å². The minimum absolute atomic E-state index is 0.000352. The van der Waals surface area contributed by atoms with Gasteiger partial charge in [-0.25, -0.2) is 0 Å². The molecular weight excluding hydrogens is 396 g/mol. The van der Waals surface area contributed by atoms with E-state index in [1.165, 1.54) is 5.56 Å². The number of benzene rings is 2. The van der Waals surface area contributed by atoms with E-state index < -0.39 is 0 Å². The number of carbonyl (C=O) groups excluding carboxylic acids is 2. The number of likely N-dealkylation sites (tertiary alicyclic amines) is 1. The van der Waals surface area contributed by atoms with Gasteiger partial charge in [-0.1, -0.05) is 49.7 Å². The van der Waals surface area contributed by atoms with Crippen molar-refractivity contribution < 1.29 is 9.59 Å². The first-order chi connectivity index (χ1) is 14.3. The molecule has 160 valence electrons. The number of halogens is 1. The molecule has 0 bridgehead atoms. The van der Waals surface area contributed by atoms with E-state index >= 15 is 0 Å². The van der Waals surface area contributed by atoms with Gasteiger partial charge in [0.15, 0.2) is 0 Å². The van der Waals surface area contributed by atoms with Gasteiger partial charge >= 0.3 is 0 Å². The predicted octanol–water partition coefficient (Wildman–Crippen LogP) is 5.27. The highest BCUT2D eigenvalue weighted by molar-refractivity contribution is 6.30. The molecule has 0 aromatic heterocycles. The van der Waals surface area contributed by atoms with Crippen LogP contribution in [0.3, 0.4) is 0 Å². The molecule has 2 aromatic rings. The van der Waals surface area contributed by atoms with Crippen molar-refractivity contribution in [2.24, 2.45) is 11.8 Å². The lowest BCUT2D eigenvalue weighted by molar-refractivity contribution is -0.126. The van der Waals surface area contributed by atoms with Crippen molar-refractivity contribution >= 4 is 23.4 Å². The van der Waals surface area contributed by atoms with Crippen LogP contribution in [0.2, 0.25) is 5.02 Å². The minimum Gasteiger partial charge on any atom is -0.349 e. The quantitative estimate of drug-likeness (QED) is 0.684. The van der Waals surface area contributed by atoms with Crippen LogP contribution in [0.4, 0.5) is 0 Å². The highest BCUT2D eigenvalue weighted by atomic mass is 35.5. The van der Waals surface area contributed by atoms with Crippen LogP contribution in [0.15, 0.2) is 48.5 Å². The second-order valence-corrected chi connectivity index (χ2v) is 9.08. The van der Waals surface area contributed by atoms with E-state index in [0.29, 0.717) is 42.4 Å². The predicted molar refractivity (Wildman–Crippen MR) is 122 cm³/mol. The van der Waals surface area contributed by atoms with Crippen LogP contribution in [-0.4, -0.2) is 29.8 Å². The van der Waals surface area contributed by atoms with Crippen molar-refractivity contribution in [3.8, 4) is 0 Å². The lowest BCUT2D eigenvalue weighted by Gasteiger charge is -2.32. The van der Waals surface area contributed by atoms with E-state index in [1.807, 2.05) is 11.8 Å². The zero-order valence-corrected chi connectivity index (χ0v) is 18.8. The van der Waals surface area contributed by atoms with Gasteiger partial charge in [0, 0.05) is 29.6 Å². The average molecular weight is 427 g/mol. The number of hydrogen-bond acceptors (Lipinski definition) is 2. The Balaban J connectivity index is 1.50. The number of carbonyl (C=O) groups is 2. The molecule has 5 heteroatoms. The summed E-state index contributed by atoms with van der Waals surface area (Å²) in [5.41, 5.74) is 3.08. The first-order valence-electron chi connectivity index (χ1n) is 10.8. The average Bonchev–Trinajstić information content (AvgIpc) is 2.74. The summed E-state index contributed by atoms with van der Waals surface area (Å²) in [4.78, 5) is 27.2. The van der Waals surface area contributed by atoms with Gasteiger partial charge in [-0.3, -0.25) is 9.59 Å². The van der Waals surface area contributed by atoms with Crippen molar-refractivity contribution in [1.82, 2.24) is 10.2 Å². The Hall–Kier alpha value is -2.33. The van der Waals surface area contributed by atoms with Gasteiger partial charge in [-0.2, -0.15) is 0 Å². The molecule has 0 saturated carbocycles. The monoisotopic (exact) mass is 426 g/mol. The number of amides is 2. The fraction of sp³-hybridized carbons (Fsp3) is 0.440. The molecule has 1 saturated heterocycles. The highest BCUT2D eigenvalue weighted by Crippen LogP contribution is 2.22. The van der Waals surface area contributed by atoms with E-state index in [1.54, 1.807) is 24.3 Å². The summed E-state index contributed by atoms with van der Waals surface area (Å²) in [6.45, 7) is 7.64. The van der Waals surface area contributed by atoms with Crippen LogP contribution in [-0.2, 0) is 11.2 Å². The number of hydrogen-bond donors (Lipinski definition) is 1. The Kier molecular flexibility index (Phi) is 7.54. The molecule has 0 radical (unpaired) electrons. The second kappa shape index (κ2) is 10.1. The molecule has 1 N–H and O–H groups in total. The number of rotatable bonds is 6. The maximum atomic E-state index is 12.7. The van der Waals surface area contributed by atoms with Gasteiger partial charge in [0.2, 0.25) is 5.91 Å². The van der Waals surface area contributed by atoms with Crippen molar-refractivity contribution in [1.29, 1.82) is 0 Å². The second-order valence-electron chi connectivity index (χ2n) is 8.64. The summed E-state index contributed by atoms with van der Waals surface area (Å²) >= 11 is 5.90. The number of piperidine rings is 1. The van der Waals surface area contributed by atoms with Crippen LogP contribution in [0.1, 0.15) is 61.1 Å². The molecule has 0 unspecified atom stereocenters. The molecule has 0 spiro atoms. The summed E-state index contributed by atoms with van der Waals surface area (Å²) in [6, 6.07) is 15.4. The van der Waals surface area contributed by atoms with Gasteiger partial charge in [0.25, 0.3) is 5.91 Å². The number of nitrogens with zero attached hydrogens (tertiary/aromatic N) is 1. The Morgan fingerprint density at radius 1 is 1.00 bits per heavy atom. The molecule has 1 aliphatic heterocycles. The van der Waals surface area contributed by atoms with Crippen LogP contribution in [0.5, 0.6) is 0 Å². The summed E-state index contributed by atoms with van der Waals surface area (Å²) in [6.07, 6.45) is 2.44. The van der Waals surface area contributed by atoms with Gasteiger partial charge in [0.05, 0.1) is 6.04 Å². The molecule has 3 rings (SSSR count). The standard InChI is InChI=1S/C25H31ClN2O2/c1-17(2)16-19-4-6-20(7-5-19)18(3)27-24(29)21-12-14-28(15-13-21)25(30)22-8-10-23(26)11-9-22/h4-11,17-18,21H,12-16H2,1-3H3,(H,27,29)/t18-/m0/s1. The lowest BCUT2D eigenvalue weighted by Crippen LogP contribution is -2.43. The summed E-state index contributed by atoms with van der Waals surface area (Å²) in [5, 5.41) is 3.77. The van der Waals surface area contributed by atoms with Gasteiger partial charge in [-0.05, 0) is 67.5 Å². The van der Waals surface area contributed by atoms with E-state index in [4.69, 9.17) is 11.6 Å². The molecule has 1 fully saturated rings. The minimum atomic E-state index is -0.0538. The normalized spacial score (nSPS) is 15.8. The topological polar surface area (TPSA) is 49.4 Å². The first-order valence-corrected chi connectivity index (χ1v) is 11.2. The molecule has 1 atom stereocenters. The SMILES string of the molecule is CC(C)Cc1ccc([C@H](C)NC(=O)C2CCN(C(=O)c3ccc(Cl)cc3)CC2)cc1. The van der Waals surface area contributed by atoms with Gasteiger partial charge in [0.1, 0.15) is 0 Å². The molecular formula is C25H31ClN2O2. The van der Waals surface area contributed by atoms with Gasteiger partial charge < -0.3 is 10.2 Å². The van der Waals surface area contributed by atoms with Crippen LogP contribution < -0.4 is 5.32 Å². The fourth-order valence-electron chi connectivity index (χ4n) is 3.95. The van der Waals surface area contributed by atoms with Crippen LogP contribution in [0, 0.1) is 11.8 Å². The number of nitrogens with one attached hydrogen (secondary N) is 1. The highest BCUT2D eigenvalue weighted by Gasteiger charge is 2.28. The third kappa shape index (κ3) is 5.85. The lowest BCUT2D eigenvalue weighted by atomic mass is 9.94. The van der Waals surface area contributed by atoms with E-state index in [2.05, 4.69) is 43.4 Å². The summed E-state index contributed by atoms with van der Waals surface area (Å²) in [5.74, 6) is 0.653. The Bertz CT molecular complexity index is 854. The molecule has 1 heterocycles. The molecule has 2 amide bonds. The van der Waals surface area contributed by atoms with E-state index in [9.17, 15) is 9.59 Å². The van der Waals surface area contributed by atoms with Crippen molar-refractivity contribution in [3.05, 3.63) is 70.2 Å². The molecule has 0 aliphatic carbocycles. The molecule has 4 nitrogen and oxygen atoms in total. The Labute approximate surface area is 184 Å². The van der Waals surface area contributed by atoms with E-state index in [0.717, 1.165) is 12.0 Å². The maximum Gasteiger partial charge on any atom is 0.253 e. The first kappa shape index (κ1) is 22.4. The summed E-state index contributed by atoms with van der Waals surface area (Å²) < 4.78 is 0. The van der Waals surface area contributed by atoms with Gasteiger partial charge in [-0.15, -0.1) is 0 Å². The summed E-state index contributed by atoms with van der Waals surface area (Å²) in [7, 11) is 0. The molecule has 1 aliphatic rings. The van der Waals surface area contributed by atoms with E-state index in [-0.39, 0.29) is 23.8 Å². The third-order valence-electron chi connectivity index (χ3n) is 5.73. The Morgan fingerprint density at radius 2 is 1.60 bits per heavy atom. The molecule has 30 heavy (non-hydrogen) atoms. The van der Waals surface area contributed by atoms with Crippen molar-refractivity contribution in [3.63, 3.8) is 0 Å². The Morgan fingerprint density at radius 3 is 2.17 bits per heavy atom. The smallest absolute Gasteiger partial charge is 0.253 e. The zero-order chi connectivity index (χ0) is 21.7. The van der Waals surface area contributed by atoms with Crippen LogP contribution >= 0.6 is 11.6 Å².